The molecule has 2 aromatic heterocycles. The third-order valence-corrected chi connectivity index (χ3v) is 2.93. The lowest BCUT2D eigenvalue weighted by atomic mass is 10.1. The monoisotopic (exact) mass is 302 g/mol. The van der Waals surface area contributed by atoms with Crippen molar-refractivity contribution in [3.8, 4) is 22.5 Å². The zero-order valence-electron chi connectivity index (χ0n) is 11.1. The lowest BCUT2D eigenvalue weighted by molar-refractivity contribution is -0.144. The van der Waals surface area contributed by atoms with Crippen LogP contribution in [-0.2, 0) is 6.18 Å². The Morgan fingerprint density at radius 1 is 0.864 bits per heavy atom. The highest BCUT2D eigenvalue weighted by molar-refractivity contribution is 5.66. The maximum atomic E-state index is 12.7. The minimum absolute atomic E-state index is 0.148. The highest BCUT2D eigenvalue weighted by Crippen LogP contribution is 2.28. The molecule has 0 aliphatic heterocycles. The van der Waals surface area contributed by atoms with Crippen molar-refractivity contribution >= 4 is 0 Å². The quantitative estimate of drug-likeness (QED) is 0.725. The van der Waals surface area contributed by atoms with Crippen molar-refractivity contribution in [1.29, 1.82) is 0 Å². The van der Waals surface area contributed by atoms with E-state index in [4.69, 9.17) is 0 Å². The van der Waals surface area contributed by atoms with Gasteiger partial charge in [-0.25, -0.2) is 9.97 Å². The standard InChI is InChI=1S/C15H9F3N4/c16-15(17,18)14-19-7-6-12(21-14)11-8-13(22-20-9-11)10-4-2-1-3-5-10/h1-9H. The highest BCUT2D eigenvalue weighted by Gasteiger charge is 2.34. The van der Waals surface area contributed by atoms with Crippen LogP contribution in [-0.4, -0.2) is 20.2 Å². The molecule has 0 unspecified atom stereocenters. The van der Waals surface area contributed by atoms with Crippen molar-refractivity contribution < 1.29 is 13.2 Å². The second kappa shape index (κ2) is 5.51. The summed E-state index contributed by atoms with van der Waals surface area (Å²) in [5.74, 6) is -1.18. The Hall–Kier alpha value is -2.83. The zero-order valence-corrected chi connectivity index (χ0v) is 11.1. The summed E-state index contributed by atoms with van der Waals surface area (Å²) in [5, 5.41) is 7.83. The molecule has 110 valence electrons. The largest absolute Gasteiger partial charge is 0.451 e. The van der Waals surface area contributed by atoms with Gasteiger partial charge >= 0.3 is 6.18 Å². The van der Waals surface area contributed by atoms with Crippen LogP contribution in [0.1, 0.15) is 5.82 Å². The van der Waals surface area contributed by atoms with E-state index >= 15 is 0 Å². The van der Waals surface area contributed by atoms with E-state index in [0.29, 0.717) is 11.3 Å². The predicted octanol–water partition coefficient (Wildman–Crippen LogP) is 3.62. The third kappa shape index (κ3) is 2.93. The van der Waals surface area contributed by atoms with Crippen molar-refractivity contribution in [3.63, 3.8) is 0 Å². The molecule has 3 rings (SSSR count). The Balaban J connectivity index is 2.03. The second-order valence-corrected chi connectivity index (χ2v) is 4.46. The second-order valence-electron chi connectivity index (χ2n) is 4.46. The first-order chi connectivity index (χ1) is 10.5. The van der Waals surface area contributed by atoms with Crippen LogP contribution in [0.5, 0.6) is 0 Å². The van der Waals surface area contributed by atoms with Crippen LogP contribution < -0.4 is 0 Å². The van der Waals surface area contributed by atoms with E-state index < -0.39 is 12.0 Å². The maximum absolute atomic E-state index is 12.7. The molecule has 0 aliphatic rings. The fourth-order valence-electron chi connectivity index (χ4n) is 1.91. The van der Waals surface area contributed by atoms with Gasteiger partial charge in [0, 0.05) is 17.3 Å². The first-order valence-corrected chi connectivity index (χ1v) is 6.33. The van der Waals surface area contributed by atoms with Gasteiger partial charge in [-0.2, -0.15) is 23.4 Å². The fraction of sp³-hybridized carbons (Fsp3) is 0.0667. The van der Waals surface area contributed by atoms with Gasteiger partial charge in [-0.1, -0.05) is 30.3 Å². The SMILES string of the molecule is FC(F)(F)c1nccc(-c2cnnc(-c3ccccc3)c2)n1. The van der Waals surface area contributed by atoms with E-state index in [1.165, 1.54) is 12.3 Å². The molecule has 0 amide bonds. The summed E-state index contributed by atoms with van der Waals surface area (Å²) in [6.45, 7) is 0. The fourth-order valence-corrected chi connectivity index (χ4v) is 1.91. The minimum atomic E-state index is -4.58. The number of benzene rings is 1. The smallest absolute Gasteiger partial charge is 0.233 e. The average Bonchev–Trinajstić information content (AvgIpc) is 2.55. The normalized spacial score (nSPS) is 11.4. The van der Waals surface area contributed by atoms with Gasteiger partial charge in [0.1, 0.15) is 0 Å². The van der Waals surface area contributed by atoms with E-state index in [0.717, 1.165) is 11.8 Å². The Bertz CT molecular complexity index is 788. The molecular formula is C15H9F3N4. The number of aromatic nitrogens is 4. The molecule has 0 bridgehead atoms. The summed E-state index contributed by atoms with van der Waals surface area (Å²) in [6, 6.07) is 12.3. The highest BCUT2D eigenvalue weighted by atomic mass is 19.4. The lowest BCUT2D eigenvalue weighted by Crippen LogP contribution is -2.11. The number of hydrogen-bond acceptors (Lipinski definition) is 4. The van der Waals surface area contributed by atoms with Crippen molar-refractivity contribution in [3.05, 3.63) is 60.7 Å². The van der Waals surface area contributed by atoms with E-state index in [1.54, 1.807) is 6.07 Å². The molecule has 3 aromatic rings. The van der Waals surface area contributed by atoms with Crippen LogP contribution in [0.4, 0.5) is 13.2 Å². The number of alkyl halides is 3. The molecule has 0 N–H and O–H groups in total. The van der Waals surface area contributed by atoms with Crippen molar-refractivity contribution in [2.45, 2.75) is 6.18 Å². The van der Waals surface area contributed by atoms with Crippen LogP contribution in [0.15, 0.2) is 54.9 Å². The molecule has 2 heterocycles. The molecule has 0 spiro atoms. The number of hydrogen-bond donors (Lipinski definition) is 0. The first kappa shape index (κ1) is 14.1. The molecular weight excluding hydrogens is 293 g/mol. The van der Waals surface area contributed by atoms with Crippen molar-refractivity contribution in [2.75, 3.05) is 0 Å². The van der Waals surface area contributed by atoms with Gasteiger partial charge in [-0.05, 0) is 12.1 Å². The lowest BCUT2D eigenvalue weighted by Gasteiger charge is -2.07. The molecule has 0 aliphatic carbocycles. The van der Waals surface area contributed by atoms with Crippen LogP contribution >= 0.6 is 0 Å². The third-order valence-electron chi connectivity index (χ3n) is 2.93. The van der Waals surface area contributed by atoms with Crippen LogP contribution in [0.25, 0.3) is 22.5 Å². The Kier molecular flexibility index (Phi) is 3.54. The average molecular weight is 302 g/mol. The molecule has 0 fully saturated rings. The van der Waals surface area contributed by atoms with Crippen molar-refractivity contribution in [2.24, 2.45) is 0 Å². The summed E-state index contributed by atoms with van der Waals surface area (Å²) < 4.78 is 38.0. The molecule has 0 saturated carbocycles. The van der Waals surface area contributed by atoms with E-state index in [1.807, 2.05) is 30.3 Å². The van der Waals surface area contributed by atoms with Gasteiger partial charge in [0.15, 0.2) is 0 Å². The molecule has 1 aromatic carbocycles. The van der Waals surface area contributed by atoms with E-state index in [-0.39, 0.29) is 5.69 Å². The van der Waals surface area contributed by atoms with Gasteiger partial charge < -0.3 is 0 Å². The Morgan fingerprint density at radius 3 is 2.36 bits per heavy atom. The molecule has 0 radical (unpaired) electrons. The summed E-state index contributed by atoms with van der Waals surface area (Å²) in [7, 11) is 0. The first-order valence-electron chi connectivity index (χ1n) is 6.33. The van der Waals surface area contributed by atoms with Crippen LogP contribution in [0.3, 0.4) is 0 Å². The topological polar surface area (TPSA) is 51.6 Å². The van der Waals surface area contributed by atoms with E-state index in [9.17, 15) is 13.2 Å². The van der Waals surface area contributed by atoms with Gasteiger partial charge in [0.2, 0.25) is 5.82 Å². The summed E-state index contributed by atoms with van der Waals surface area (Å²) in [6.07, 6.45) is -2.14. The number of nitrogens with zero attached hydrogens (tertiary/aromatic N) is 4. The summed E-state index contributed by atoms with van der Waals surface area (Å²) >= 11 is 0. The molecule has 0 atom stereocenters. The number of halogens is 3. The molecule has 7 heteroatoms. The van der Waals surface area contributed by atoms with Crippen LogP contribution in [0, 0.1) is 0 Å². The number of rotatable bonds is 2. The Morgan fingerprint density at radius 2 is 1.64 bits per heavy atom. The van der Waals surface area contributed by atoms with Gasteiger partial charge in [-0.15, -0.1) is 0 Å². The van der Waals surface area contributed by atoms with Crippen LogP contribution in [0.2, 0.25) is 0 Å². The predicted molar refractivity (Wildman–Crippen MR) is 73.5 cm³/mol. The molecule has 22 heavy (non-hydrogen) atoms. The van der Waals surface area contributed by atoms with Gasteiger partial charge in [-0.3, -0.25) is 0 Å². The zero-order chi connectivity index (χ0) is 15.6. The minimum Gasteiger partial charge on any atom is -0.233 e. The Labute approximate surface area is 123 Å². The maximum Gasteiger partial charge on any atom is 0.451 e. The van der Waals surface area contributed by atoms with Gasteiger partial charge in [0.05, 0.1) is 17.6 Å². The van der Waals surface area contributed by atoms with Crippen molar-refractivity contribution in [1.82, 2.24) is 20.2 Å². The molecule has 0 saturated heterocycles. The summed E-state index contributed by atoms with van der Waals surface area (Å²) in [4.78, 5) is 6.79. The summed E-state index contributed by atoms with van der Waals surface area (Å²) in [5.41, 5.74) is 1.98. The van der Waals surface area contributed by atoms with Gasteiger partial charge in [0.25, 0.3) is 0 Å². The van der Waals surface area contributed by atoms with E-state index in [2.05, 4.69) is 20.2 Å². The molecule has 4 nitrogen and oxygen atoms in total.